The van der Waals surface area contributed by atoms with Crippen LogP contribution in [0.3, 0.4) is 0 Å². The van der Waals surface area contributed by atoms with Crippen LogP contribution in [0.5, 0.6) is 5.75 Å². The fourth-order valence-electron chi connectivity index (χ4n) is 2.66. The summed E-state index contributed by atoms with van der Waals surface area (Å²) < 4.78 is 5.73. The normalized spacial score (nSPS) is 13.4. The van der Waals surface area contributed by atoms with Gasteiger partial charge in [0, 0.05) is 24.7 Å². The van der Waals surface area contributed by atoms with Crippen LogP contribution >= 0.6 is 0 Å². The largest absolute Gasteiger partial charge is 0.491 e. The van der Waals surface area contributed by atoms with Crippen LogP contribution in [-0.4, -0.2) is 43.0 Å². The first-order chi connectivity index (χ1) is 13.5. The molecular formula is C23H26N2O3. The molecule has 0 aromatic heterocycles. The Morgan fingerprint density at radius 3 is 2.54 bits per heavy atom. The smallest absolute Gasteiger partial charge is 0.251 e. The zero-order valence-corrected chi connectivity index (χ0v) is 16.4. The third-order valence-corrected chi connectivity index (χ3v) is 4.66. The topological polar surface area (TPSA) is 58.6 Å². The van der Waals surface area contributed by atoms with E-state index >= 15 is 0 Å². The fraction of sp³-hybridized carbons (Fsp3) is 0.304. The SMILES string of the molecule is Cc1ccccc1OCCN(C)C(=O)/C=C/c1ccc(C(=O)NC2CC2)cc1. The van der Waals surface area contributed by atoms with Crippen LogP contribution in [0.4, 0.5) is 0 Å². The summed E-state index contributed by atoms with van der Waals surface area (Å²) in [7, 11) is 1.75. The highest BCUT2D eigenvalue weighted by Gasteiger charge is 2.23. The molecule has 0 aliphatic heterocycles. The van der Waals surface area contributed by atoms with Crippen LogP contribution in [-0.2, 0) is 4.79 Å². The average molecular weight is 378 g/mol. The Kier molecular flexibility index (Phi) is 6.48. The highest BCUT2D eigenvalue weighted by molar-refractivity contribution is 5.95. The minimum atomic E-state index is -0.0936. The fourth-order valence-corrected chi connectivity index (χ4v) is 2.66. The van der Waals surface area contributed by atoms with E-state index in [1.165, 1.54) is 6.08 Å². The van der Waals surface area contributed by atoms with Crippen molar-refractivity contribution < 1.29 is 14.3 Å². The average Bonchev–Trinajstić information content (AvgIpc) is 3.51. The Balaban J connectivity index is 1.45. The molecule has 0 spiro atoms. The van der Waals surface area contributed by atoms with E-state index in [0.717, 1.165) is 29.7 Å². The van der Waals surface area contributed by atoms with Crippen molar-refractivity contribution in [3.63, 3.8) is 0 Å². The van der Waals surface area contributed by atoms with Gasteiger partial charge in [0.25, 0.3) is 5.91 Å². The van der Waals surface area contributed by atoms with Gasteiger partial charge in [-0.05, 0) is 55.2 Å². The number of rotatable bonds is 8. The number of benzene rings is 2. The van der Waals surface area contributed by atoms with Crippen LogP contribution in [0.25, 0.3) is 6.08 Å². The lowest BCUT2D eigenvalue weighted by Crippen LogP contribution is -2.29. The number of likely N-dealkylation sites (N-methyl/N-ethyl adjacent to an activating group) is 1. The lowest BCUT2D eigenvalue weighted by atomic mass is 10.1. The number of hydrogen-bond donors (Lipinski definition) is 1. The number of nitrogens with one attached hydrogen (secondary N) is 1. The van der Waals surface area contributed by atoms with Crippen molar-refractivity contribution in [3.05, 3.63) is 71.3 Å². The van der Waals surface area contributed by atoms with Crippen LogP contribution in [0.1, 0.15) is 34.3 Å². The number of hydrogen-bond acceptors (Lipinski definition) is 3. The van der Waals surface area contributed by atoms with Crippen molar-refractivity contribution >= 4 is 17.9 Å². The van der Waals surface area contributed by atoms with Gasteiger partial charge in [-0.1, -0.05) is 30.3 Å². The van der Waals surface area contributed by atoms with Gasteiger partial charge >= 0.3 is 0 Å². The number of aryl methyl sites for hydroxylation is 1. The molecule has 2 amide bonds. The molecule has 0 bridgehead atoms. The van der Waals surface area contributed by atoms with Crippen LogP contribution in [0.15, 0.2) is 54.6 Å². The number of carbonyl (C=O) groups is 2. The lowest BCUT2D eigenvalue weighted by molar-refractivity contribution is -0.125. The molecule has 0 atom stereocenters. The molecule has 0 radical (unpaired) electrons. The molecule has 146 valence electrons. The summed E-state index contributed by atoms with van der Waals surface area (Å²) in [6.07, 6.45) is 5.42. The van der Waals surface area contributed by atoms with Gasteiger partial charge in [0.1, 0.15) is 12.4 Å². The molecule has 3 rings (SSSR count). The highest BCUT2D eigenvalue weighted by Crippen LogP contribution is 2.19. The van der Waals surface area contributed by atoms with Crippen molar-refractivity contribution in [2.75, 3.05) is 20.2 Å². The molecule has 5 nitrogen and oxygen atoms in total. The summed E-state index contributed by atoms with van der Waals surface area (Å²) in [5.74, 6) is 0.705. The first-order valence-corrected chi connectivity index (χ1v) is 9.55. The minimum Gasteiger partial charge on any atom is -0.491 e. The van der Waals surface area contributed by atoms with Gasteiger partial charge < -0.3 is 15.0 Å². The Bertz CT molecular complexity index is 854. The van der Waals surface area contributed by atoms with Crippen LogP contribution < -0.4 is 10.1 Å². The van der Waals surface area contributed by atoms with E-state index in [1.54, 1.807) is 30.2 Å². The van der Waals surface area contributed by atoms with E-state index in [2.05, 4.69) is 5.32 Å². The van der Waals surface area contributed by atoms with E-state index in [1.807, 2.05) is 43.3 Å². The van der Waals surface area contributed by atoms with Crippen molar-refractivity contribution in [3.8, 4) is 5.75 Å². The van der Waals surface area contributed by atoms with E-state index in [9.17, 15) is 9.59 Å². The summed E-state index contributed by atoms with van der Waals surface area (Å²) >= 11 is 0. The summed E-state index contributed by atoms with van der Waals surface area (Å²) in [5, 5.41) is 2.96. The van der Waals surface area contributed by atoms with Crippen LogP contribution in [0, 0.1) is 6.92 Å². The minimum absolute atomic E-state index is 0.0394. The van der Waals surface area contributed by atoms with Gasteiger partial charge in [-0.15, -0.1) is 0 Å². The van der Waals surface area contributed by atoms with E-state index in [0.29, 0.717) is 24.8 Å². The lowest BCUT2D eigenvalue weighted by Gasteiger charge is -2.16. The number of amides is 2. The predicted molar refractivity (Wildman–Crippen MR) is 110 cm³/mol. The number of nitrogens with zero attached hydrogens (tertiary/aromatic N) is 1. The Morgan fingerprint density at radius 1 is 1.14 bits per heavy atom. The third-order valence-electron chi connectivity index (χ3n) is 4.66. The summed E-state index contributed by atoms with van der Waals surface area (Å²) in [5.41, 5.74) is 2.59. The number of para-hydroxylation sites is 1. The second kappa shape index (κ2) is 9.22. The van der Waals surface area contributed by atoms with Crippen molar-refractivity contribution in [1.82, 2.24) is 10.2 Å². The van der Waals surface area contributed by atoms with Gasteiger partial charge in [0.05, 0.1) is 6.54 Å². The van der Waals surface area contributed by atoms with E-state index in [4.69, 9.17) is 4.74 Å². The van der Waals surface area contributed by atoms with Gasteiger partial charge in [-0.25, -0.2) is 0 Å². The summed E-state index contributed by atoms with van der Waals surface area (Å²) in [4.78, 5) is 25.8. The molecule has 1 aliphatic rings. The first-order valence-electron chi connectivity index (χ1n) is 9.55. The number of ether oxygens (including phenoxy) is 1. The van der Waals surface area contributed by atoms with Gasteiger partial charge in [-0.3, -0.25) is 9.59 Å². The Labute approximate surface area is 166 Å². The van der Waals surface area contributed by atoms with Gasteiger partial charge in [0.15, 0.2) is 0 Å². The molecule has 1 fully saturated rings. The molecule has 0 heterocycles. The summed E-state index contributed by atoms with van der Waals surface area (Å²) in [6, 6.07) is 15.4. The molecule has 0 saturated heterocycles. The van der Waals surface area contributed by atoms with E-state index < -0.39 is 0 Å². The highest BCUT2D eigenvalue weighted by atomic mass is 16.5. The molecular weight excluding hydrogens is 352 g/mol. The van der Waals surface area contributed by atoms with Crippen molar-refractivity contribution in [2.24, 2.45) is 0 Å². The van der Waals surface area contributed by atoms with Gasteiger partial charge in [-0.2, -0.15) is 0 Å². The molecule has 0 unspecified atom stereocenters. The molecule has 2 aromatic carbocycles. The van der Waals surface area contributed by atoms with Crippen molar-refractivity contribution in [2.45, 2.75) is 25.8 Å². The Hall–Kier alpha value is -3.08. The number of carbonyl (C=O) groups excluding carboxylic acids is 2. The van der Waals surface area contributed by atoms with Crippen molar-refractivity contribution in [1.29, 1.82) is 0 Å². The van der Waals surface area contributed by atoms with E-state index in [-0.39, 0.29) is 11.8 Å². The zero-order chi connectivity index (χ0) is 19.9. The molecule has 1 aliphatic carbocycles. The maximum absolute atomic E-state index is 12.2. The quantitative estimate of drug-likeness (QED) is 0.716. The molecule has 1 N–H and O–H groups in total. The molecule has 5 heteroatoms. The third kappa shape index (κ3) is 5.71. The second-order valence-electron chi connectivity index (χ2n) is 7.08. The monoisotopic (exact) mass is 378 g/mol. The standard InChI is InChI=1S/C23H26N2O3/c1-17-5-3-4-6-21(17)28-16-15-25(2)22(26)14-9-18-7-10-19(11-8-18)23(27)24-20-12-13-20/h3-11,14,20H,12-13,15-16H2,1-2H3,(H,24,27)/b14-9+. The predicted octanol–water partition coefficient (Wildman–Crippen LogP) is 3.44. The second-order valence-corrected chi connectivity index (χ2v) is 7.08. The maximum Gasteiger partial charge on any atom is 0.251 e. The molecule has 2 aromatic rings. The van der Waals surface area contributed by atoms with Crippen LogP contribution in [0.2, 0.25) is 0 Å². The van der Waals surface area contributed by atoms with Gasteiger partial charge in [0.2, 0.25) is 5.91 Å². The molecule has 28 heavy (non-hydrogen) atoms. The molecule has 1 saturated carbocycles. The Morgan fingerprint density at radius 2 is 1.86 bits per heavy atom. The maximum atomic E-state index is 12.2. The zero-order valence-electron chi connectivity index (χ0n) is 16.4. The first kappa shape index (κ1) is 19.7. The summed E-state index contributed by atoms with van der Waals surface area (Å²) in [6.45, 7) is 2.93.